The Hall–Kier alpha value is -0.800. The fourth-order valence-electron chi connectivity index (χ4n) is 1.59. The number of rotatable bonds is 8. The summed E-state index contributed by atoms with van der Waals surface area (Å²) in [7, 11) is 0. The molecule has 0 bridgehead atoms. The quantitative estimate of drug-likeness (QED) is 0.738. The summed E-state index contributed by atoms with van der Waals surface area (Å²) in [6.07, 6.45) is 4.22. The second-order valence-electron chi connectivity index (χ2n) is 4.12. The van der Waals surface area contributed by atoms with Gasteiger partial charge in [0.2, 0.25) is 0 Å². The number of nitrogens with one attached hydrogen (secondary N) is 1. The summed E-state index contributed by atoms with van der Waals surface area (Å²) >= 11 is 0. The number of ether oxygens (including phenoxy) is 1. The predicted molar refractivity (Wildman–Crippen MR) is 65.3 cm³/mol. The van der Waals surface area contributed by atoms with Gasteiger partial charge in [0.1, 0.15) is 12.4 Å². The SMILES string of the molecule is CCC(CC)NCC(C)OCc1ccco1. The van der Waals surface area contributed by atoms with E-state index in [0.717, 1.165) is 12.3 Å². The van der Waals surface area contributed by atoms with Crippen molar-refractivity contribution in [3.8, 4) is 0 Å². The summed E-state index contributed by atoms with van der Waals surface area (Å²) in [5, 5.41) is 3.49. The molecule has 0 radical (unpaired) electrons. The van der Waals surface area contributed by atoms with Crippen LogP contribution < -0.4 is 5.32 Å². The summed E-state index contributed by atoms with van der Waals surface area (Å²) in [5.74, 6) is 0.884. The highest BCUT2D eigenvalue weighted by atomic mass is 16.5. The van der Waals surface area contributed by atoms with Gasteiger partial charge in [-0.3, -0.25) is 0 Å². The van der Waals surface area contributed by atoms with Gasteiger partial charge < -0.3 is 14.5 Å². The van der Waals surface area contributed by atoms with Crippen LogP contribution in [0.15, 0.2) is 22.8 Å². The van der Waals surface area contributed by atoms with Crippen LogP contribution in [0.4, 0.5) is 0 Å². The second kappa shape index (κ2) is 7.47. The molecule has 0 aliphatic heterocycles. The van der Waals surface area contributed by atoms with Crippen LogP contribution >= 0.6 is 0 Å². The molecule has 1 N–H and O–H groups in total. The Morgan fingerprint density at radius 3 is 2.69 bits per heavy atom. The lowest BCUT2D eigenvalue weighted by Crippen LogP contribution is -2.34. The van der Waals surface area contributed by atoms with Gasteiger partial charge in [0.05, 0.1) is 12.4 Å². The summed E-state index contributed by atoms with van der Waals surface area (Å²) in [5.41, 5.74) is 0. The van der Waals surface area contributed by atoms with Gasteiger partial charge in [0, 0.05) is 12.6 Å². The van der Waals surface area contributed by atoms with Crippen molar-refractivity contribution < 1.29 is 9.15 Å². The van der Waals surface area contributed by atoms with E-state index >= 15 is 0 Å². The molecule has 0 spiro atoms. The summed E-state index contributed by atoms with van der Waals surface area (Å²) in [4.78, 5) is 0. The van der Waals surface area contributed by atoms with Crippen LogP contribution in [0.3, 0.4) is 0 Å². The Labute approximate surface area is 98.2 Å². The van der Waals surface area contributed by atoms with Crippen molar-refractivity contribution >= 4 is 0 Å². The van der Waals surface area contributed by atoms with E-state index in [9.17, 15) is 0 Å². The maximum absolute atomic E-state index is 5.67. The lowest BCUT2D eigenvalue weighted by Gasteiger charge is -2.18. The van der Waals surface area contributed by atoms with E-state index in [4.69, 9.17) is 9.15 Å². The first-order valence-corrected chi connectivity index (χ1v) is 6.13. The maximum atomic E-state index is 5.67. The van der Waals surface area contributed by atoms with Gasteiger partial charge in [-0.25, -0.2) is 0 Å². The minimum absolute atomic E-state index is 0.214. The molecule has 0 aliphatic carbocycles. The molecule has 1 aromatic heterocycles. The highest BCUT2D eigenvalue weighted by Crippen LogP contribution is 2.04. The van der Waals surface area contributed by atoms with Crippen LogP contribution in [0.2, 0.25) is 0 Å². The molecule has 0 fully saturated rings. The number of furan rings is 1. The van der Waals surface area contributed by atoms with Crippen molar-refractivity contribution in [2.45, 2.75) is 52.4 Å². The number of hydrogen-bond donors (Lipinski definition) is 1. The van der Waals surface area contributed by atoms with Gasteiger partial charge in [-0.15, -0.1) is 0 Å². The first kappa shape index (κ1) is 13.3. The monoisotopic (exact) mass is 225 g/mol. The molecule has 0 aromatic carbocycles. The third-order valence-electron chi connectivity index (χ3n) is 2.77. The Balaban J connectivity index is 2.13. The summed E-state index contributed by atoms with van der Waals surface area (Å²) in [6.45, 7) is 7.94. The van der Waals surface area contributed by atoms with E-state index in [-0.39, 0.29) is 6.10 Å². The fourth-order valence-corrected chi connectivity index (χ4v) is 1.59. The molecule has 1 aromatic rings. The fraction of sp³-hybridized carbons (Fsp3) is 0.692. The molecule has 0 amide bonds. The third-order valence-corrected chi connectivity index (χ3v) is 2.77. The van der Waals surface area contributed by atoms with Crippen molar-refractivity contribution in [1.82, 2.24) is 5.32 Å². The predicted octanol–water partition coefficient (Wildman–Crippen LogP) is 2.96. The molecule has 92 valence electrons. The molecule has 0 aliphatic rings. The van der Waals surface area contributed by atoms with Crippen molar-refractivity contribution in [3.05, 3.63) is 24.2 Å². The van der Waals surface area contributed by atoms with E-state index in [1.807, 2.05) is 12.1 Å². The van der Waals surface area contributed by atoms with Gasteiger partial charge >= 0.3 is 0 Å². The number of hydrogen-bond acceptors (Lipinski definition) is 3. The zero-order valence-electron chi connectivity index (χ0n) is 10.5. The van der Waals surface area contributed by atoms with E-state index in [1.165, 1.54) is 12.8 Å². The molecule has 16 heavy (non-hydrogen) atoms. The van der Waals surface area contributed by atoms with Crippen molar-refractivity contribution in [3.63, 3.8) is 0 Å². The van der Waals surface area contributed by atoms with E-state index in [1.54, 1.807) is 6.26 Å². The minimum atomic E-state index is 0.214. The normalized spacial score (nSPS) is 13.2. The van der Waals surface area contributed by atoms with E-state index in [0.29, 0.717) is 12.6 Å². The third kappa shape index (κ3) is 4.81. The van der Waals surface area contributed by atoms with Crippen molar-refractivity contribution in [2.75, 3.05) is 6.54 Å². The molecular formula is C13H23NO2. The van der Waals surface area contributed by atoms with Gasteiger partial charge in [-0.1, -0.05) is 13.8 Å². The average Bonchev–Trinajstić information content (AvgIpc) is 2.80. The molecule has 0 saturated carbocycles. The average molecular weight is 225 g/mol. The Morgan fingerprint density at radius 2 is 2.12 bits per heavy atom. The molecule has 3 heteroatoms. The smallest absolute Gasteiger partial charge is 0.129 e. The maximum Gasteiger partial charge on any atom is 0.129 e. The Kier molecular flexibility index (Phi) is 6.19. The van der Waals surface area contributed by atoms with Crippen molar-refractivity contribution in [2.24, 2.45) is 0 Å². The van der Waals surface area contributed by atoms with Crippen LogP contribution in [0, 0.1) is 0 Å². The standard InChI is InChI=1S/C13H23NO2/c1-4-12(5-2)14-9-11(3)16-10-13-7-6-8-15-13/h6-8,11-12,14H,4-5,9-10H2,1-3H3. The topological polar surface area (TPSA) is 34.4 Å². The van der Waals surface area contributed by atoms with Gasteiger partial charge in [-0.2, -0.15) is 0 Å². The highest BCUT2D eigenvalue weighted by Gasteiger charge is 2.07. The van der Waals surface area contributed by atoms with Crippen LogP contribution in [-0.4, -0.2) is 18.7 Å². The van der Waals surface area contributed by atoms with Crippen LogP contribution in [0.1, 0.15) is 39.4 Å². The molecule has 1 unspecified atom stereocenters. The first-order chi connectivity index (χ1) is 7.76. The van der Waals surface area contributed by atoms with Gasteiger partial charge in [-0.05, 0) is 31.9 Å². The Bertz CT molecular complexity index is 255. The van der Waals surface area contributed by atoms with Crippen LogP contribution in [0.5, 0.6) is 0 Å². The highest BCUT2D eigenvalue weighted by molar-refractivity contribution is 4.96. The molecule has 1 rings (SSSR count). The minimum Gasteiger partial charge on any atom is -0.467 e. The zero-order valence-corrected chi connectivity index (χ0v) is 10.5. The summed E-state index contributed by atoms with van der Waals surface area (Å²) < 4.78 is 10.9. The van der Waals surface area contributed by atoms with E-state index < -0.39 is 0 Å². The van der Waals surface area contributed by atoms with Crippen LogP contribution in [0.25, 0.3) is 0 Å². The molecule has 0 saturated heterocycles. The first-order valence-electron chi connectivity index (χ1n) is 6.13. The lowest BCUT2D eigenvalue weighted by molar-refractivity contribution is 0.0411. The van der Waals surface area contributed by atoms with Crippen molar-refractivity contribution in [1.29, 1.82) is 0 Å². The second-order valence-corrected chi connectivity index (χ2v) is 4.12. The van der Waals surface area contributed by atoms with Crippen LogP contribution in [-0.2, 0) is 11.3 Å². The van der Waals surface area contributed by atoms with Gasteiger partial charge in [0.25, 0.3) is 0 Å². The molecule has 1 atom stereocenters. The zero-order chi connectivity index (χ0) is 11.8. The Morgan fingerprint density at radius 1 is 1.38 bits per heavy atom. The molecule has 3 nitrogen and oxygen atoms in total. The molecular weight excluding hydrogens is 202 g/mol. The largest absolute Gasteiger partial charge is 0.467 e. The van der Waals surface area contributed by atoms with Gasteiger partial charge in [0.15, 0.2) is 0 Å². The lowest BCUT2D eigenvalue weighted by atomic mass is 10.1. The summed E-state index contributed by atoms with van der Waals surface area (Å²) in [6, 6.07) is 4.42. The molecule has 1 heterocycles. The van der Waals surface area contributed by atoms with E-state index in [2.05, 4.69) is 26.1 Å².